The van der Waals surface area contributed by atoms with Crippen molar-refractivity contribution in [2.45, 2.75) is 64.1 Å². The van der Waals surface area contributed by atoms with Crippen LogP contribution in [-0.2, 0) is 6.18 Å². The number of nitrogens with zero attached hydrogens (tertiary/aromatic N) is 2. The second kappa shape index (κ2) is 10.3. The van der Waals surface area contributed by atoms with E-state index in [9.17, 15) is 13.2 Å². The van der Waals surface area contributed by atoms with E-state index < -0.39 is 11.7 Å². The van der Waals surface area contributed by atoms with Gasteiger partial charge in [-0.15, -0.1) is 0 Å². The Bertz CT molecular complexity index is 1100. The summed E-state index contributed by atoms with van der Waals surface area (Å²) in [5, 5.41) is 5.85. The van der Waals surface area contributed by atoms with Gasteiger partial charge in [-0.05, 0) is 74.1 Å². The average Bonchev–Trinajstić information content (AvgIpc) is 3.35. The van der Waals surface area contributed by atoms with E-state index in [1.165, 1.54) is 12.8 Å². The van der Waals surface area contributed by atoms with Gasteiger partial charge in [-0.1, -0.05) is 31.9 Å². The Morgan fingerprint density at radius 1 is 1.03 bits per heavy atom. The molecule has 1 aromatic heterocycles. The van der Waals surface area contributed by atoms with Crippen molar-refractivity contribution in [2.75, 3.05) is 10.6 Å². The van der Waals surface area contributed by atoms with Gasteiger partial charge >= 0.3 is 6.18 Å². The number of hydrogen-bond acceptors (Lipinski definition) is 5. The Balaban J connectivity index is 1.55. The summed E-state index contributed by atoms with van der Waals surface area (Å²) in [5.41, 5.74) is 1.45. The fraction of sp³-hybridized carbons (Fsp3) is 0.385. The third kappa shape index (κ3) is 5.98. The second-order valence-corrected chi connectivity index (χ2v) is 8.67. The SMILES string of the molecule is CCC(C)Oc1ccc(Nc2ncc(C(F)(F)F)c(Nc3cccc(C4CCCC4)c3)n2)cc1. The first-order valence-corrected chi connectivity index (χ1v) is 11.7. The minimum Gasteiger partial charge on any atom is -0.491 e. The predicted octanol–water partition coefficient (Wildman–Crippen LogP) is 7.82. The van der Waals surface area contributed by atoms with Gasteiger partial charge in [-0.3, -0.25) is 0 Å². The average molecular weight is 471 g/mol. The van der Waals surface area contributed by atoms with Crippen LogP contribution in [-0.4, -0.2) is 16.1 Å². The fourth-order valence-electron chi connectivity index (χ4n) is 4.07. The zero-order chi connectivity index (χ0) is 24.1. The van der Waals surface area contributed by atoms with Crippen molar-refractivity contribution in [3.63, 3.8) is 0 Å². The minimum atomic E-state index is -4.58. The highest BCUT2D eigenvalue weighted by molar-refractivity contribution is 5.63. The molecule has 0 aliphatic heterocycles. The lowest BCUT2D eigenvalue weighted by atomic mass is 9.97. The second-order valence-electron chi connectivity index (χ2n) is 8.67. The molecule has 5 nitrogen and oxygen atoms in total. The predicted molar refractivity (Wildman–Crippen MR) is 128 cm³/mol. The lowest BCUT2D eigenvalue weighted by Gasteiger charge is -2.16. The maximum Gasteiger partial charge on any atom is 0.421 e. The van der Waals surface area contributed by atoms with E-state index in [2.05, 4.69) is 20.6 Å². The molecule has 1 unspecified atom stereocenters. The lowest BCUT2D eigenvalue weighted by Crippen LogP contribution is -2.13. The molecule has 34 heavy (non-hydrogen) atoms. The van der Waals surface area contributed by atoms with Gasteiger partial charge in [0.05, 0.1) is 6.10 Å². The third-order valence-corrected chi connectivity index (χ3v) is 6.09. The first-order valence-electron chi connectivity index (χ1n) is 11.7. The fourth-order valence-corrected chi connectivity index (χ4v) is 4.07. The van der Waals surface area contributed by atoms with Crippen molar-refractivity contribution in [2.24, 2.45) is 0 Å². The van der Waals surface area contributed by atoms with E-state index in [1.807, 2.05) is 32.0 Å². The van der Waals surface area contributed by atoms with Crippen LogP contribution < -0.4 is 15.4 Å². The smallest absolute Gasteiger partial charge is 0.421 e. The molecule has 0 radical (unpaired) electrons. The maximum atomic E-state index is 13.7. The lowest BCUT2D eigenvalue weighted by molar-refractivity contribution is -0.137. The van der Waals surface area contributed by atoms with Crippen LogP contribution in [0, 0.1) is 0 Å². The molecule has 0 amide bonds. The monoisotopic (exact) mass is 470 g/mol. The van der Waals surface area contributed by atoms with E-state index in [1.54, 1.807) is 30.3 Å². The molecular weight excluding hydrogens is 441 g/mol. The molecule has 0 spiro atoms. The first-order chi connectivity index (χ1) is 16.3. The number of alkyl halides is 3. The Morgan fingerprint density at radius 2 is 1.76 bits per heavy atom. The Morgan fingerprint density at radius 3 is 2.44 bits per heavy atom. The zero-order valence-electron chi connectivity index (χ0n) is 19.3. The number of benzene rings is 2. The Hall–Kier alpha value is -3.29. The molecule has 0 bridgehead atoms. The number of halogens is 3. The molecule has 1 saturated carbocycles. The van der Waals surface area contributed by atoms with Crippen molar-refractivity contribution < 1.29 is 17.9 Å². The highest BCUT2D eigenvalue weighted by Gasteiger charge is 2.35. The summed E-state index contributed by atoms with van der Waals surface area (Å²) in [4.78, 5) is 8.05. The molecule has 1 atom stereocenters. The first kappa shape index (κ1) is 23.9. The normalized spacial score (nSPS) is 15.2. The summed E-state index contributed by atoms with van der Waals surface area (Å²) in [6.45, 7) is 4.03. The molecule has 1 fully saturated rings. The van der Waals surface area contributed by atoms with Gasteiger partial charge in [0, 0.05) is 17.6 Å². The molecule has 2 N–H and O–H groups in total. The van der Waals surface area contributed by atoms with Gasteiger partial charge < -0.3 is 15.4 Å². The zero-order valence-corrected chi connectivity index (χ0v) is 19.3. The van der Waals surface area contributed by atoms with Crippen molar-refractivity contribution in [3.8, 4) is 5.75 Å². The van der Waals surface area contributed by atoms with Gasteiger partial charge in [0.25, 0.3) is 0 Å². The minimum absolute atomic E-state index is 0.0676. The summed E-state index contributed by atoms with van der Waals surface area (Å²) in [5.74, 6) is 0.958. The standard InChI is InChI=1S/C26H29F3N4O/c1-3-17(2)34-22-13-11-20(12-14-22)32-25-30-16-23(26(27,28)29)24(33-25)31-21-10-6-9-19(15-21)18-7-4-5-8-18/h6,9-18H,3-5,7-8H2,1-2H3,(H2,30,31,32,33). The molecular formula is C26H29F3N4O. The topological polar surface area (TPSA) is 59.1 Å². The number of aromatic nitrogens is 2. The quantitative estimate of drug-likeness (QED) is 0.351. The molecule has 1 aliphatic rings. The van der Waals surface area contributed by atoms with Crippen molar-refractivity contribution in [3.05, 3.63) is 65.9 Å². The van der Waals surface area contributed by atoms with Crippen LogP contribution in [0.3, 0.4) is 0 Å². The van der Waals surface area contributed by atoms with Crippen LogP contribution >= 0.6 is 0 Å². The highest BCUT2D eigenvalue weighted by Crippen LogP contribution is 2.37. The van der Waals surface area contributed by atoms with Gasteiger partial charge in [0.2, 0.25) is 5.95 Å². The number of ether oxygens (including phenoxy) is 1. The van der Waals surface area contributed by atoms with Gasteiger partial charge in [-0.25, -0.2) is 4.98 Å². The van der Waals surface area contributed by atoms with Crippen molar-refractivity contribution in [1.29, 1.82) is 0 Å². The van der Waals surface area contributed by atoms with Crippen LogP contribution in [0.25, 0.3) is 0 Å². The summed E-state index contributed by atoms with van der Waals surface area (Å²) in [7, 11) is 0. The molecule has 1 heterocycles. The Labute approximate surface area is 197 Å². The van der Waals surface area contributed by atoms with Crippen molar-refractivity contribution in [1.82, 2.24) is 9.97 Å². The van der Waals surface area contributed by atoms with E-state index in [0.29, 0.717) is 17.3 Å². The highest BCUT2D eigenvalue weighted by atomic mass is 19.4. The van der Waals surface area contributed by atoms with Gasteiger partial charge in [0.15, 0.2) is 0 Å². The maximum absolute atomic E-state index is 13.7. The molecule has 1 aliphatic carbocycles. The van der Waals surface area contributed by atoms with Crippen LogP contribution in [0.1, 0.15) is 63.0 Å². The summed E-state index contributed by atoms with van der Waals surface area (Å²) >= 11 is 0. The summed E-state index contributed by atoms with van der Waals surface area (Å²) in [6, 6.07) is 14.7. The summed E-state index contributed by atoms with van der Waals surface area (Å²) < 4.78 is 46.7. The van der Waals surface area contributed by atoms with Gasteiger partial charge in [-0.2, -0.15) is 18.2 Å². The molecule has 2 aromatic carbocycles. The van der Waals surface area contributed by atoms with E-state index in [4.69, 9.17) is 4.74 Å². The van der Waals surface area contributed by atoms with Crippen LogP contribution in [0.2, 0.25) is 0 Å². The van der Waals surface area contributed by atoms with Crippen molar-refractivity contribution >= 4 is 23.1 Å². The summed E-state index contributed by atoms with van der Waals surface area (Å²) in [6.07, 6.45) is 1.80. The molecule has 0 saturated heterocycles. The number of rotatable bonds is 8. The number of anilines is 4. The van der Waals surface area contributed by atoms with Crippen LogP contribution in [0.4, 0.5) is 36.3 Å². The number of nitrogens with one attached hydrogen (secondary N) is 2. The number of hydrogen-bond donors (Lipinski definition) is 2. The Kier molecular flexibility index (Phi) is 7.24. The van der Waals surface area contributed by atoms with Crippen LogP contribution in [0.15, 0.2) is 54.7 Å². The van der Waals surface area contributed by atoms with E-state index in [-0.39, 0.29) is 17.9 Å². The molecule has 8 heteroatoms. The third-order valence-electron chi connectivity index (χ3n) is 6.09. The van der Waals surface area contributed by atoms with Gasteiger partial charge in [0.1, 0.15) is 17.1 Å². The van der Waals surface area contributed by atoms with E-state index >= 15 is 0 Å². The van der Waals surface area contributed by atoms with Crippen LogP contribution in [0.5, 0.6) is 5.75 Å². The molecule has 180 valence electrons. The van der Waals surface area contributed by atoms with E-state index in [0.717, 1.165) is 36.8 Å². The largest absolute Gasteiger partial charge is 0.491 e. The molecule has 3 aromatic rings. The molecule has 4 rings (SSSR count).